The maximum absolute atomic E-state index is 6.13. The first kappa shape index (κ1) is 14.5. The molecule has 0 aromatic heterocycles. The molecule has 17 heavy (non-hydrogen) atoms. The molecule has 1 rings (SSSR count). The SMILES string of the molecule is CC(NCCOC(C)(C)C)c1ccccc1Cl. The van der Waals surface area contributed by atoms with E-state index in [0.29, 0.717) is 6.61 Å². The van der Waals surface area contributed by atoms with Crippen LogP contribution >= 0.6 is 11.6 Å². The van der Waals surface area contributed by atoms with Gasteiger partial charge in [0, 0.05) is 17.6 Å². The highest BCUT2D eigenvalue weighted by atomic mass is 35.5. The van der Waals surface area contributed by atoms with Gasteiger partial charge in [0.25, 0.3) is 0 Å². The van der Waals surface area contributed by atoms with Crippen LogP contribution in [-0.4, -0.2) is 18.8 Å². The second-order valence-electron chi connectivity index (χ2n) is 5.16. The van der Waals surface area contributed by atoms with Gasteiger partial charge in [-0.05, 0) is 39.3 Å². The Balaban J connectivity index is 2.36. The molecule has 3 heteroatoms. The van der Waals surface area contributed by atoms with Gasteiger partial charge in [-0.25, -0.2) is 0 Å². The summed E-state index contributed by atoms with van der Waals surface area (Å²) in [4.78, 5) is 0. The number of rotatable bonds is 5. The fourth-order valence-corrected chi connectivity index (χ4v) is 1.87. The first-order valence-corrected chi connectivity index (χ1v) is 6.40. The van der Waals surface area contributed by atoms with Crippen LogP contribution in [-0.2, 0) is 4.74 Å². The van der Waals surface area contributed by atoms with Crippen LogP contribution in [0.2, 0.25) is 5.02 Å². The molecule has 1 atom stereocenters. The van der Waals surface area contributed by atoms with Crippen LogP contribution in [0.1, 0.15) is 39.3 Å². The van der Waals surface area contributed by atoms with Crippen molar-refractivity contribution in [3.8, 4) is 0 Å². The number of benzene rings is 1. The van der Waals surface area contributed by atoms with E-state index in [0.717, 1.165) is 17.1 Å². The summed E-state index contributed by atoms with van der Waals surface area (Å²) in [5, 5.41) is 4.21. The van der Waals surface area contributed by atoms with E-state index in [4.69, 9.17) is 16.3 Å². The Morgan fingerprint density at radius 2 is 1.94 bits per heavy atom. The zero-order valence-corrected chi connectivity index (χ0v) is 11.8. The molecule has 2 nitrogen and oxygen atoms in total. The Hall–Kier alpha value is -0.570. The Bertz CT molecular complexity index is 346. The standard InChI is InChI=1S/C14H22ClNO/c1-11(12-7-5-6-8-13(12)15)16-9-10-17-14(2,3)4/h5-8,11,16H,9-10H2,1-4H3. The van der Waals surface area contributed by atoms with Gasteiger partial charge in [-0.2, -0.15) is 0 Å². The number of ether oxygens (including phenoxy) is 1. The largest absolute Gasteiger partial charge is 0.375 e. The van der Waals surface area contributed by atoms with Crippen molar-refractivity contribution < 1.29 is 4.74 Å². The van der Waals surface area contributed by atoms with Gasteiger partial charge >= 0.3 is 0 Å². The van der Waals surface area contributed by atoms with Gasteiger partial charge in [-0.15, -0.1) is 0 Å². The maximum atomic E-state index is 6.13. The van der Waals surface area contributed by atoms with Crippen molar-refractivity contribution in [3.05, 3.63) is 34.9 Å². The average molecular weight is 256 g/mol. The molecule has 0 spiro atoms. The van der Waals surface area contributed by atoms with Crippen LogP contribution in [0.4, 0.5) is 0 Å². The molecule has 96 valence electrons. The van der Waals surface area contributed by atoms with Crippen molar-refractivity contribution in [1.82, 2.24) is 5.32 Å². The van der Waals surface area contributed by atoms with Crippen LogP contribution in [0.5, 0.6) is 0 Å². The van der Waals surface area contributed by atoms with Crippen LogP contribution in [0, 0.1) is 0 Å². The molecule has 1 aromatic carbocycles. The fraction of sp³-hybridized carbons (Fsp3) is 0.571. The quantitative estimate of drug-likeness (QED) is 0.808. The molecule has 0 aliphatic carbocycles. The minimum Gasteiger partial charge on any atom is -0.375 e. The zero-order chi connectivity index (χ0) is 12.9. The lowest BCUT2D eigenvalue weighted by atomic mass is 10.1. The number of hydrogen-bond donors (Lipinski definition) is 1. The van der Waals surface area contributed by atoms with Gasteiger partial charge in [-0.3, -0.25) is 0 Å². The Kier molecular flexibility index (Phi) is 5.44. The van der Waals surface area contributed by atoms with Crippen LogP contribution in [0.15, 0.2) is 24.3 Å². The van der Waals surface area contributed by atoms with Gasteiger partial charge in [0.15, 0.2) is 0 Å². The van der Waals surface area contributed by atoms with Crippen LogP contribution in [0.3, 0.4) is 0 Å². The van der Waals surface area contributed by atoms with Crippen molar-refractivity contribution in [2.24, 2.45) is 0 Å². The third-order valence-corrected chi connectivity index (χ3v) is 2.80. The summed E-state index contributed by atoms with van der Waals surface area (Å²) in [7, 11) is 0. The molecule has 1 unspecified atom stereocenters. The van der Waals surface area contributed by atoms with Crippen molar-refractivity contribution in [2.45, 2.75) is 39.3 Å². The normalized spacial score (nSPS) is 13.7. The molecule has 0 heterocycles. The molecule has 0 aliphatic heterocycles. The maximum Gasteiger partial charge on any atom is 0.0599 e. The van der Waals surface area contributed by atoms with Gasteiger partial charge in [0.2, 0.25) is 0 Å². The fourth-order valence-electron chi connectivity index (χ4n) is 1.57. The lowest BCUT2D eigenvalue weighted by Crippen LogP contribution is -2.28. The van der Waals surface area contributed by atoms with E-state index in [1.54, 1.807) is 0 Å². The summed E-state index contributed by atoms with van der Waals surface area (Å²) in [6.45, 7) is 9.82. The molecule has 0 bridgehead atoms. The van der Waals surface area contributed by atoms with E-state index in [2.05, 4.69) is 33.0 Å². The number of hydrogen-bond acceptors (Lipinski definition) is 2. The second kappa shape index (κ2) is 6.39. The third kappa shape index (κ3) is 5.53. The highest BCUT2D eigenvalue weighted by molar-refractivity contribution is 6.31. The van der Waals surface area contributed by atoms with Crippen molar-refractivity contribution >= 4 is 11.6 Å². The number of halogens is 1. The molecule has 0 fully saturated rings. The van der Waals surface area contributed by atoms with Crippen LogP contribution < -0.4 is 5.32 Å². The summed E-state index contributed by atoms with van der Waals surface area (Å²) < 4.78 is 5.65. The Morgan fingerprint density at radius 1 is 1.29 bits per heavy atom. The number of nitrogens with one attached hydrogen (secondary N) is 1. The van der Waals surface area contributed by atoms with Gasteiger partial charge in [-0.1, -0.05) is 29.8 Å². The predicted octanol–water partition coefficient (Wildman–Crippen LogP) is 3.81. The van der Waals surface area contributed by atoms with E-state index in [1.165, 1.54) is 0 Å². The summed E-state index contributed by atoms with van der Waals surface area (Å²) in [6, 6.07) is 8.16. The predicted molar refractivity (Wildman–Crippen MR) is 73.6 cm³/mol. The van der Waals surface area contributed by atoms with E-state index < -0.39 is 0 Å². The molecule has 1 aromatic rings. The topological polar surface area (TPSA) is 21.3 Å². The highest BCUT2D eigenvalue weighted by Crippen LogP contribution is 2.21. The summed E-state index contributed by atoms with van der Waals surface area (Å²) in [5.41, 5.74) is 1.06. The van der Waals surface area contributed by atoms with E-state index in [-0.39, 0.29) is 11.6 Å². The molecule has 0 aliphatic rings. The summed E-state index contributed by atoms with van der Waals surface area (Å²) in [5.74, 6) is 0. The monoisotopic (exact) mass is 255 g/mol. The molecular weight excluding hydrogens is 234 g/mol. The lowest BCUT2D eigenvalue weighted by Gasteiger charge is -2.21. The second-order valence-corrected chi connectivity index (χ2v) is 5.57. The third-order valence-electron chi connectivity index (χ3n) is 2.46. The zero-order valence-electron chi connectivity index (χ0n) is 11.1. The minimum atomic E-state index is -0.0741. The Labute approximate surface area is 109 Å². The van der Waals surface area contributed by atoms with E-state index >= 15 is 0 Å². The first-order valence-electron chi connectivity index (χ1n) is 6.02. The van der Waals surface area contributed by atoms with E-state index in [1.807, 2.05) is 24.3 Å². The first-order chi connectivity index (χ1) is 7.90. The lowest BCUT2D eigenvalue weighted by molar-refractivity contribution is -0.00149. The van der Waals surface area contributed by atoms with Gasteiger partial charge in [0.1, 0.15) is 0 Å². The minimum absolute atomic E-state index is 0.0741. The van der Waals surface area contributed by atoms with Gasteiger partial charge in [0.05, 0.1) is 12.2 Å². The van der Waals surface area contributed by atoms with Crippen molar-refractivity contribution in [2.75, 3.05) is 13.2 Å². The molecule has 1 N–H and O–H groups in total. The molecular formula is C14H22ClNO. The Morgan fingerprint density at radius 3 is 2.53 bits per heavy atom. The van der Waals surface area contributed by atoms with Crippen LogP contribution in [0.25, 0.3) is 0 Å². The summed E-state index contributed by atoms with van der Waals surface area (Å²) in [6.07, 6.45) is 0. The smallest absolute Gasteiger partial charge is 0.0599 e. The van der Waals surface area contributed by atoms with E-state index in [9.17, 15) is 0 Å². The molecule has 0 radical (unpaired) electrons. The molecule has 0 saturated heterocycles. The van der Waals surface area contributed by atoms with Crippen molar-refractivity contribution in [1.29, 1.82) is 0 Å². The van der Waals surface area contributed by atoms with Gasteiger partial charge < -0.3 is 10.1 Å². The summed E-state index contributed by atoms with van der Waals surface area (Å²) >= 11 is 6.13. The molecule has 0 saturated carbocycles. The highest BCUT2D eigenvalue weighted by Gasteiger charge is 2.11. The molecule has 0 amide bonds. The average Bonchev–Trinajstić information content (AvgIpc) is 2.23. The van der Waals surface area contributed by atoms with Crippen molar-refractivity contribution in [3.63, 3.8) is 0 Å².